The zero-order valence-electron chi connectivity index (χ0n) is 14.4. The Morgan fingerprint density at radius 1 is 1.22 bits per heavy atom. The second-order valence-electron chi connectivity index (χ2n) is 5.16. The number of benzene rings is 2. The first-order chi connectivity index (χ1) is 12.9. The normalized spacial score (nSPS) is 10.7. The number of carbonyl (C=O) groups is 1. The summed E-state index contributed by atoms with van der Waals surface area (Å²) in [6, 6.07) is 10.4. The van der Waals surface area contributed by atoms with E-state index in [1.807, 2.05) is 0 Å². The molecule has 2 aromatic carbocycles. The van der Waals surface area contributed by atoms with E-state index in [4.69, 9.17) is 21.1 Å². The number of halogens is 1. The number of methoxy groups -OCH3 is 2. The predicted octanol–water partition coefficient (Wildman–Crippen LogP) is 3.81. The van der Waals surface area contributed by atoms with Crippen LogP contribution in [0.3, 0.4) is 0 Å². The standard InChI is InChI=1S/C18H14ClN3O5/c1-26-16-6-3-11(8-17(16)27-2)7-12(10-20)18(23)21-14-5-4-13(19)9-15(14)22(24)25/h3-9H,1-2H3,(H,21,23)/b12-7-. The molecule has 0 bridgehead atoms. The van der Waals surface area contributed by atoms with Crippen molar-refractivity contribution in [3.8, 4) is 17.6 Å². The Morgan fingerprint density at radius 3 is 2.52 bits per heavy atom. The highest BCUT2D eigenvalue weighted by Crippen LogP contribution is 2.30. The topological polar surface area (TPSA) is 114 Å². The predicted molar refractivity (Wildman–Crippen MR) is 99.9 cm³/mol. The van der Waals surface area contributed by atoms with Crippen LogP contribution in [0.4, 0.5) is 11.4 Å². The van der Waals surface area contributed by atoms with Gasteiger partial charge in [0.1, 0.15) is 17.3 Å². The second kappa shape index (κ2) is 8.69. The molecule has 0 spiro atoms. The quantitative estimate of drug-likeness (QED) is 0.349. The van der Waals surface area contributed by atoms with Gasteiger partial charge in [0, 0.05) is 11.1 Å². The molecular weight excluding hydrogens is 374 g/mol. The monoisotopic (exact) mass is 387 g/mol. The van der Waals surface area contributed by atoms with Crippen molar-refractivity contribution < 1.29 is 19.2 Å². The maximum atomic E-state index is 12.4. The number of anilines is 1. The first-order valence-corrected chi connectivity index (χ1v) is 7.86. The zero-order chi connectivity index (χ0) is 20.0. The Labute approximate surface area is 159 Å². The molecule has 1 N–H and O–H groups in total. The Bertz CT molecular complexity index is 966. The lowest BCUT2D eigenvalue weighted by atomic mass is 10.1. The van der Waals surface area contributed by atoms with Gasteiger partial charge in [-0.2, -0.15) is 5.26 Å². The van der Waals surface area contributed by atoms with Crippen molar-refractivity contribution >= 4 is 35.0 Å². The largest absolute Gasteiger partial charge is 0.493 e. The van der Waals surface area contributed by atoms with E-state index in [2.05, 4.69) is 5.32 Å². The van der Waals surface area contributed by atoms with E-state index in [9.17, 15) is 20.2 Å². The molecule has 8 nitrogen and oxygen atoms in total. The summed E-state index contributed by atoms with van der Waals surface area (Å²) in [5.74, 6) is 0.129. The minimum atomic E-state index is -0.794. The fraction of sp³-hybridized carbons (Fsp3) is 0.111. The van der Waals surface area contributed by atoms with Gasteiger partial charge in [0.2, 0.25) is 0 Å². The number of hydrogen-bond donors (Lipinski definition) is 1. The summed E-state index contributed by atoms with van der Waals surface area (Å²) in [5.41, 5.74) is -0.168. The molecule has 0 saturated heterocycles. The Balaban J connectivity index is 2.33. The number of nitro benzene ring substituents is 1. The third-order valence-electron chi connectivity index (χ3n) is 3.49. The van der Waals surface area contributed by atoms with Gasteiger partial charge in [0.15, 0.2) is 11.5 Å². The van der Waals surface area contributed by atoms with Crippen LogP contribution in [-0.4, -0.2) is 25.1 Å². The Morgan fingerprint density at radius 2 is 1.93 bits per heavy atom. The van der Waals surface area contributed by atoms with Gasteiger partial charge in [-0.25, -0.2) is 0 Å². The lowest BCUT2D eigenvalue weighted by Gasteiger charge is -2.08. The van der Waals surface area contributed by atoms with E-state index in [1.165, 1.54) is 32.4 Å². The van der Waals surface area contributed by atoms with Crippen molar-refractivity contribution in [2.45, 2.75) is 0 Å². The zero-order valence-corrected chi connectivity index (χ0v) is 15.1. The van der Waals surface area contributed by atoms with Crippen molar-refractivity contribution in [2.24, 2.45) is 0 Å². The van der Waals surface area contributed by atoms with Crippen molar-refractivity contribution in [1.29, 1.82) is 5.26 Å². The molecule has 0 heterocycles. The van der Waals surface area contributed by atoms with Crippen molar-refractivity contribution in [1.82, 2.24) is 0 Å². The molecule has 0 aromatic heterocycles. The fourth-order valence-electron chi connectivity index (χ4n) is 2.21. The maximum absolute atomic E-state index is 12.4. The average Bonchev–Trinajstić information content (AvgIpc) is 2.66. The highest BCUT2D eigenvalue weighted by molar-refractivity contribution is 6.31. The second-order valence-corrected chi connectivity index (χ2v) is 5.59. The van der Waals surface area contributed by atoms with E-state index >= 15 is 0 Å². The fourth-order valence-corrected chi connectivity index (χ4v) is 2.38. The average molecular weight is 388 g/mol. The molecule has 0 fully saturated rings. The molecule has 1 amide bonds. The van der Waals surface area contributed by atoms with Gasteiger partial charge in [-0.1, -0.05) is 17.7 Å². The van der Waals surface area contributed by atoms with E-state index in [-0.39, 0.29) is 22.0 Å². The van der Waals surface area contributed by atoms with Gasteiger partial charge in [-0.05, 0) is 35.9 Å². The first kappa shape index (κ1) is 19.8. The third kappa shape index (κ3) is 4.74. The third-order valence-corrected chi connectivity index (χ3v) is 3.72. The number of ether oxygens (including phenoxy) is 2. The van der Waals surface area contributed by atoms with Crippen LogP contribution >= 0.6 is 11.6 Å². The number of carbonyl (C=O) groups excluding carboxylic acids is 1. The first-order valence-electron chi connectivity index (χ1n) is 7.48. The van der Waals surface area contributed by atoms with Crippen molar-refractivity contribution in [3.05, 3.63) is 62.7 Å². The van der Waals surface area contributed by atoms with E-state index in [0.29, 0.717) is 17.1 Å². The molecule has 0 aliphatic heterocycles. The number of nitrogens with one attached hydrogen (secondary N) is 1. The van der Waals surface area contributed by atoms with E-state index < -0.39 is 10.8 Å². The molecule has 0 aliphatic carbocycles. The summed E-state index contributed by atoms with van der Waals surface area (Å²) in [6.07, 6.45) is 1.33. The number of nitro groups is 1. The molecule has 0 atom stereocenters. The van der Waals surface area contributed by atoms with Crippen LogP contribution in [0, 0.1) is 21.4 Å². The van der Waals surface area contributed by atoms with Crippen molar-refractivity contribution in [2.75, 3.05) is 19.5 Å². The Hall–Kier alpha value is -3.57. The minimum Gasteiger partial charge on any atom is -0.493 e. The van der Waals surface area contributed by atoms with Crippen LogP contribution in [0.15, 0.2) is 42.0 Å². The maximum Gasteiger partial charge on any atom is 0.294 e. The number of amides is 1. The number of nitrogens with zero attached hydrogens (tertiary/aromatic N) is 2. The van der Waals surface area contributed by atoms with Gasteiger partial charge in [-0.15, -0.1) is 0 Å². The minimum absolute atomic E-state index is 0.0668. The summed E-state index contributed by atoms with van der Waals surface area (Å²) < 4.78 is 10.3. The van der Waals surface area contributed by atoms with Crippen LogP contribution in [0.25, 0.3) is 6.08 Å². The van der Waals surface area contributed by atoms with Gasteiger partial charge < -0.3 is 14.8 Å². The lowest BCUT2D eigenvalue weighted by Crippen LogP contribution is -2.14. The van der Waals surface area contributed by atoms with Crippen LogP contribution in [0.2, 0.25) is 5.02 Å². The molecule has 2 aromatic rings. The summed E-state index contributed by atoms with van der Waals surface area (Å²) in [4.78, 5) is 22.8. The van der Waals surface area contributed by atoms with Gasteiger partial charge in [0.05, 0.1) is 19.1 Å². The van der Waals surface area contributed by atoms with Crippen LogP contribution in [0.1, 0.15) is 5.56 Å². The van der Waals surface area contributed by atoms with Gasteiger partial charge in [0.25, 0.3) is 11.6 Å². The molecule has 138 valence electrons. The molecular formula is C18H14ClN3O5. The highest BCUT2D eigenvalue weighted by Gasteiger charge is 2.18. The smallest absolute Gasteiger partial charge is 0.294 e. The van der Waals surface area contributed by atoms with E-state index in [0.717, 1.165) is 6.07 Å². The number of rotatable bonds is 6. The summed E-state index contributed by atoms with van der Waals surface area (Å²) in [5, 5.41) is 22.9. The molecule has 0 aliphatic rings. The molecule has 0 unspecified atom stereocenters. The van der Waals surface area contributed by atoms with Crippen LogP contribution in [-0.2, 0) is 4.79 Å². The van der Waals surface area contributed by atoms with Crippen LogP contribution < -0.4 is 14.8 Å². The van der Waals surface area contributed by atoms with Crippen LogP contribution in [0.5, 0.6) is 11.5 Å². The molecule has 2 rings (SSSR count). The SMILES string of the molecule is COc1ccc(/C=C(/C#N)C(=O)Nc2ccc(Cl)cc2[N+](=O)[O-])cc1OC. The molecule has 0 radical (unpaired) electrons. The Kier molecular flexibility index (Phi) is 6.36. The van der Waals surface area contributed by atoms with Crippen molar-refractivity contribution in [3.63, 3.8) is 0 Å². The van der Waals surface area contributed by atoms with Gasteiger partial charge >= 0.3 is 0 Å². The van der Waals surface area contributed by atoms with Gasteiger partial charge in [-0.3, -0.25) is 14.9 Å². The molecule has 0 saturated carbocycles. The molecule has 9 heteroatoms. The lowest BCUT2D eigenvalue weighted by molar-refractivity contribution is -0.383. The summed E-state index contributed by atoms with van der Waals surface area (Å²) >= 11 is 5.74. The van der Waals surface area contributed by atoms with E-state index in [1.54, 1.807) is 24.3 Å². The highest BCUT2D eigenvalue weighted by atomic mass is 35.5. The summed E-state index contributed by atoms with van der Waals surface area (Å²) in [7, 11) is 2.95. The number of hydrogen-bond acceptors (Lipinski definition) is 6. The molecule has 27 heavy (non-hydrogen) atoms. The summed E-state index contributed by atoms with van der Waals surface area (Å²) in [6.45, 7) is 0. The number of nitriles is 1.